The molecule has 19 heteroatoms. The Morgan fingerprint density at radius 2 is 1.31 bits per heavy atom. The highest BCUT2D eigenvalue weighted by Gasteiger charge is 2.58. The van der Waals surface area contributed by atoms with Gasteiger partial charge in [-0.3, -0.25) is 33.8 Å². The molecule has 5 aromatic carbocycles. The lowest BCUT2D eigenvalue weighted by molar-refractivity contribution is -0.133. The highest BCUT2D eigenvalue weighted by atomic mass is 16.6. The molecule has 5 heterocycles. The predicted octanol–water partition coefficient (Wildman–Crippen LogP) is 10.9. The summed E-state index contributed by atoms with van der Waals surface area (Å²) in [6.07, 6.45) is 8.74. The molecule has 5 aliphatic heterocycles. The molecule has 486 valence electrons. The number of Topliss-reactive ketones (excluding diaryl/α,β-unsaturated/α-hetero) is 2. The molecular weight excluding hydrogens is 1180 g/mol. The first-order valence-corrected chi connectivity index (χ1v) is 32.8. The molecule has 2 saturated heterocycles. The summed E-state index contributed by atoms with van der Waals surface area (Å²) in [4.78, 5) is 108. The van der Waals surface area contributed by atoms with Gasteiger partial charge in [0, 0.05) is 74.2 Å². The number of anilines is 2. The van der Waals surface area contributed by atoms with Crippen LogP contribution in [0.5, 0.6) is 23.0 Å². The SMILES string of the molecule is COc1cc2c(cc1OCCCCCOc1cc3c(cc1OC)C(=O)N1CC4(CC4)C[C@H]1C(O)N3C(=O)OCc1ccc(CC(=O)[C@H](C)NC(=O)[C@@H](CC(=O)CCCCC(=O)N3Cc4ccccc4C#Cc4ccccc43)C(C)C)cc1)N=C[C@@H]1CC3(CC3)CN1C2=O. The van der Waals surface area contributed by atoms with Gasteiger partial charge >= 0.3 is 6.09 Å². The van der Waals surface area contributed by atoms with Crippen LogP contribution in [0.2, 0.25) is 0 Å². The van der Waals surface area contributed by atoms with Crippen molar-refractivity contribution in [2.75, 3.05) is 50.3 Å². The van der Waals surface area contributed by atoms with Crippen LogP contribution in [0.15, 0.2) is 102 Å². The minimum atomic E-state index is -1.43. The van der Waals surface area contributed by atoms with Crippen molar-refractivity contribution < 1.29 is 62.4 Å². The molecule has 5 aromatic rings. The number of aliphatic hydroxyl groups excluding tert-OH is 1. The molecular formula is C74H82N6O13. The Hall–Kier alpha value is -9.02. The second kappa shape index (κ2) is 27.3. The number of methoxy groups -OCH3 is 2. The number of para-hydroxylation sites is 1. The number of aliphatic imine (C=N–C) groups is 1. The summed E-state index contributed by atoms with van der Waals surface area (Å²) < 4.78 is 29.9. The minimum Gasteiger partial charge on any atom is -0.493 e. The molecule has 0 aromatic heterocycles. The van der Waals surface area contributed by atoms with E-state index in [0.29, 0.717) is 91.4 Å². The van der Waals surface area contributed by atoms with E-state index in [2.05, 4.69) is 17.2 Å². The van der Waals surface area contributed by atoms with Crippen molar-refractivity contribution in [2.45, 2.75) is 155 Å². The number of aliphatic hydroxyl groups is 1. The molecule has 5 amide bonds. The topological polar surface area (TPSA) is 223 Å². The molecule has 0 radical (unpaired) electrons. The largest absolute Gasteiger partial charge is 0.493 e. The van der Waals surface area contributed by atoms with Gasteiger partial charge in [-0.25, -0.2) is 9.69 Å². The molecule has 7 aliphatic rings. The lowest BCUT2D eigenvalue weighted by Crippen LogP contribution is -2.50. The Labute approximate surface area is 543 Å². The first-order valence-electron chi connectivity index (χ1n) is 32.8. The van der Waals surface area contributed by atoms with E-state index < -0.39 is 30.3 Å². The van der Waals surface area contributed by atoms with Crippen molar-refractivity contribution in [1.82, 2.24) is 15.1 Å². The number of carbonyl (C=O) groups is 7. The van der Waals surface area contributed by atoms with E-state index in [4.69, 9.17) is 28.7 Å². The molecule has 2 spiro atoms. The van der Waals surface area contributed by atoms with E-state index in [0.717, 1.165) is 72.3 Å². The number of ether oxygens (including phenoxy) is 5. The fourth-order valence-corrected chi connectivity index (χ4v) is 13.8. The van der Waals surface area contributed by atoms with Gasteiger partial charge in [-0.2, -0.15) is 0 Å². The van der Waals surface area contributed by atoms with Crippen LogP contribution in [0, 0.1) is 34.5 Å². The quantitative estimate of drug-likeness (QED) is 0.0410. The first-order chi connectivity index (χ1) is 44.9. The average Bonchev–Trinajstić information content (AvgIpc) is 1.58. The van der Waals surface area contributed by atoms with Gasteiger partial charge < -0.3 is 48.8 Å². The fourth-order valence-electron chi connectivity index (χ4n) is 13.8. The third kappa shape index (κ3) is 14.0. The number of amides is 5. The van der Waals surface area contributed by atoms with Crippen LogP contribution in [0.4, 0.5) is 21.9 Å². The molecule has 4 fully saturated rings. The minimum absolute atomic E-state index is 0.00423. The molecule has 5 atom stereocenters. The van der Waals surface area contributed by atoms with Crippen molar-refractivity contribution in [1.29, 1.82) is 0 Å². The maximum absolute atomic E-state index is 14.5. The van der Waals surface area contributed by atoms with E-state index in [1.54, 1.807) is 72.4 Å². The third-order valence-electron chi connectivity index (χ3n) is 19.8. The van der Waals surface area contributed by atoms with Gasteiger partial charge in [0.15, 0.2) is 35.0 Å². The zero-order valence-corrected chi connectivity index (χ0v) is 53.7. The summed E-state index contributed by atoms with van der Waals surface area (Å²) in [6.45, 7) is 7.45. The van der Waals surface area contributed by atoms with E-state index in [1.165, 1.54) is 7.11 Å². The second-order valence-corrected chi connectivity index (χ2v) is 26.7. The fraction of sp³-hybridized carbons (Fsp3) is 0.459. The summed E-state index contributed by atoms with van der Waals surface area (Å²) in [6, 6.07) is 27.5. The zero-order chi connectivity index (χ0) is 65.1. The van der Waals surface area contributed by atoms with Crippen LogP contribution in [-0.4, -0.2) is 127 Å². The predicted molar refractivity (Wildman–Crippen MR) is 349 cm³/mol. The average molecular weight is 1260 g/mol. The number of hydrogen-bond acceptors (Lipinski definition) is 14. The van der Waals surface area contributed by atoms with Crippen molar-refractivity contribution in [3.05, 3.63) is 136 Å². The van der Waals surface area contributed by atoms with E-state index in [9.17, 15) is 38.7 Å². The molecule has 1 unspecified atom stereocenters. The van der Waals surface area contributed by atoms with Crippen LogP contribution in [0.3, 0.4) is 0 Å². The summed E-state index contributed by atoms with van der Waals surface area (Å²) in [7, 11) is 3.04. The molecule has 2 aliphatic carbocycles. The highest BCUT2D eigenvalue weighted by Crippen LogP contribution is 2.58. The van der Waals surface area contributed by atoms with Crippen LogP contribution in [-0.2, 0) is 43.5 Å². The number of hydrogen-bond donors (Lipinski definition) is 2. The van der Waals surface area contributed by atoms with Gasteiger partial charge in [0.05, 0.1) is 80.3 Å². The van der Waals surface area contributed by atoms with E-state index in [-0.39, 0.29) is 114 Å². The van der Waals surface area contributed by atoms with Gasteiger partial charge in [-0.1, -0.05) is 80.3 Å². The Bertz CT molecular complexity index is 3820. The van der Waals surface area contributed by atoms with Gasteiger partial charge in [0.25, 0.3) is 11.8 Å². The zero-order valence-electron chi connectivity index (χ0n) is 53.7. The number of unbranched alkanes of at least 4 members (excludes halogenated alkanes) is 3. The van der Waals surface area contributed by atoms with Gasteiger partial charge in [0.2, 0.25) is 11.8 Å². The van der Waals surface area contributed by atoms with Gasteiger partial charge in [-0.15, -0.1) is 0 Å². The molecule has 12 rings (SSSR count). The van der Waals surface area contributed by atoms with Crippen molar-refractivity contribution in [3.63, 3.8) is 0 Å². The third-order valence-corrected chi connectivity index (χ3v) is 19.8. The Morgan fingerprint density at radius 1 is 0.688 bits per heavy atom. The molecule has 93 heavy (non-hydrogen) atoms. The molecule has 2 saturated carbocycles. The Morgan fingerprint density at radius 3 is 2.02 bits per heavy atom. The number of benzene rings is 5. The van der Waals surface area contributed by atoms with Crippen molar-refractivity contribution in [2.24, 2.45) is 27.7 Å². The lowest BCUT2D eigenvalue weighted by Gasteiger charge is -2.31. The van der Waals surface area contributed by atoms with E-state index in [1.807, 2.05) is 73.5 Å². The van der Waals surface area contributed by atoms with Crippen molar-refractivity contribution >= 4 is 64.6 Å². The van der Waals surface area contributed by atoms with Crippen LogP contribution >= 0.6 is 0 Å². The maximum atomic E-state index is 14.5. The first kappa shape index (κ1) is 64.1. The second-order valence-electron chi connectivity index (χ2n) is 26.7. The normalized spacial score (nSPS) is 19.6. The molecule has 19 nitrogen and oxygen atoms in total. The standard InChI is InChI=1S/C74H82N6O13/c1-46(2)55(34-54(81)18-10-12-20-67(83)77-42-52-17-8-7-15-50(52)25-26-51-16-9-11-19-59(51)77)68(84)76-47(3)62(82)33-48-21-23-49(24-22-48)43-93-72(88)80-60-38-66(64(90-5)36-57(60)70(86)79-45-74(29-30-74)40-61(79)71(80)87)92-32-14-6-13-31-91-65-37-58-56(35-63(65)89-4)69(85)78-44-73(27-28-73)39-53(78)41-75-58/h7-9,11,15-17,19,21-24,35-38,41,46-47,53,55,61,71,87H,6,10,12-14,18,20,27-34,39-40,42-45H2,1-5H3,(H,76,84)/t47-,53-,55-,61-,71?/m0/s1. The highest BCUT2D eigenvalue weighted by molar-refractivity contribution is 6.06. The number of ketones is 2. The van der Waals surface area contributed by atoms with Gasteiger partial charge in [-0.05, 0) is 141 Å². The van der Waals surface area contributed by atoms with E-state index >= 15 is 0 Å². The van der Waals surface area contributed by atoms with Crippen molar-refractivity contribution in [3.8, 4) is 34.8 Å². The Kier molecular flexibility index (Phi) is 18.8. The summed E-state index contributed by atoms with van der Waals surface area (Å²) in [5, 5.41) is 15.0. The lowest BCUT2D eigenvalue weighted by atomic mass is 9.88. The summed E-state index contributed by atoms with van der Waals surface area (Å²) in [5.74, 6) is 6.08. The number of rotatable bonds is 25. The number of fused-ring (bicyclic) bond motifs is 6. The summed E-state index contributed by atoms with van der Waals surface area (Å²) >= 11 is 0. The van der Waals surface area contributed by atoms with Crippen LogP contribution < -0.4 is 34.1 Å². The number of nitrogens with one attached hydrogen (secondary N) is 1. The molecule has 2 N–H and O–H groups in total. The maximum Gasteiger partial charge on any atom is 0.416 e. The number of carbonyl (C=O) groups excluding carboxylic acids is 7. The summed E-state index contributed by atoms with van der Waals surface area (Å²) in [5.41, 5.74) is 6.19. The number of nitrogens with zero attached hydrogens (tertiary/aromatic N) is 5. The molecule has 0 bridgehead atoms. The monoisotopic (exact) mass is 1260 g/mol. The van der Waals surface area contributed by atoms with Crippen LogP contribution in [0.25, 0.3) is 0 Å². The van der Waals surface area contributed by atoms with Gasteiger partial charge in [0.1, 0.15) is 12.4 Å². The smallest absolute Gasteiger partial charge is 0.416 e. The Balaban J connectivity index is 0.614. The van der Waals surface area contributed by atoms with Crippen LogP contribution in [0.1, 0.15) is 159 Å².